The standard InChI is InChI=1S/C48H54F2N2S/c1-5-9-11-33(7-3)13-15-35-17-27-41(45(49)31-35)37-19-23-39(24-20-37)43-29-30-44(48-47(43)51-53-52-48)40-25-21-38(22-26-40)42-28-18-36(32-46(42)50)16-14-34(8-4)12-10-6-2/h17-34H,5-16H2,1-4H3. The van der Waals surface area contributed by atoms with Crippen LogP contribution in [0.15, 0.2) is 97.1 Å². The first-order valence-electron chi connectivity index (χ1n) is 20.0. The summed E-state index contributed by atoms with van der Waals surface area (Å²) < 4.78 is 40.1. The monoisotopic (exact) mass is 728 g/mol. The number of aromatic nitrogens is 2. The molecule has 0 bridgehead atoms. The van der Waals surface area contributed by atoms with E-state index in [0.29, 0.717) is 23.0 Å². The first-order valence-corrected chi connectivity index (χ1v) is 20.7. The van der Waals surface area contributed by atoms with E-state index in [1.54, 1.807) is 12.1 Å². The molecular formula is C48H54F2N2S. The van der Waals surface area contributed by atoms with Gasteiger partial charge in [-0.2, -0.15) is 8.75 Å². The van der Waals surface area contributed by atoms with Crippen LogP contribution in [0.3, 0.4) is 0 Å². The van der Waals surface area contributed by atoms with Gasteiger partial charge in [0.15, 0.2) is 0 Å². The molecule has 6 aromatic rings. The summed E-state index contributed by atoms with van der Waals surface area (Å²) in [6, 6.07) is 31.8. The third-order valence-electron chi connectivity index (χ3n) is 11.3. The third-order valence-corrected chi connectivity index (χ3v) is 11.8. The van der Waals surface area contributed by atoms with Crippen LogP contribution in [0.5, 0.6) is 0 Å². The minimum atomic E-state index is -0.170. The molecule has 2 atom stereocenters. The molecule has 0 N–H and O–H groups in total. The number of halogens is 2. The third kappa shape index (κ3) is 9.48. The lowest BCUT2D eigenvalue weighted by Gasteiger charge is -2.15. The van der Waals surface area contributed by atoms with E-state index < -0.39 is 0 Å². The summed E-state index contributed by atoms with van der Waals surface area (Å²) in [6.45, 7) is 9.00. The summed E-state index contributed by atoms with van der Waals surface area (Å²) in [5.74, 6) is 1.08. The fraction of sp³-hybridized carbons (Fsp3) is 0.375. The van der Waals surface area contributed by atoms with E-state index in [4.69, 9.17) is 0 Å². The molecule has 0 saturated carbocycles. The predicted octanol–water partition coefficient (Wildman–Crippen LogP) is 14.9. The topological polar surface area (TPSA) is 25.8 Å². The van der Waals surface area contributed by atoms with Gasteiger partial charge < -0.3 is 0 Å². The fourth-order valence-electron chi connectivity index (χ4n) is 7.72. The average molecular weight is 729 g/mol. The molecule has 0 saturated heterocycles. The highest BCUT2D eigenvalue weighted by molar-refractivity contribution is 7.00. The van der Waals surface area contributed by atoms with Gasteiger partial charge in [0, 0.05) is 22.3 Å². The van der Waals surface area contributed by atoms with Gasteiger partial charge >= 0.3 is 0 Å². The quantitative estimate of drug-likeness (QED) is 0.0880. The van der Waals surface area contributed by atoms with Gasteiger partial charge in [0.1, 0.15) is 22.7 Å². The van der Waals surface area contributed by atoms with Crippen molar-refractivity contribution in [2.24, 2.45) is 11.8 Å². The number of hydrogen-bond acceptors (Lipinski definition) is 3. The van der Waals surface area contributed by atoms with E-state index in [9.17, 15) is 0 Å². The molecular weight excluding hydrogens is 675 g/mol. The molecule has 1 aromatic heterocycles. The van der Waals surface area contributed by atoms with Crippen molar-refractivity contribution < 1.29 is 8.78 Å². The van der Waals surface area contributed by atoms with E-state index in [0.717, 1.165) is 81.2 Å². The maximum atomic E-state index is 15.4. The highest BCUT2D eigenvalue weighted by Crippen LogP contribution is 2.37. The first-order chi connectivity index (χ1) is 25.9. The lowest BCUT2D eigenvalue weighted by Crippen LogP contribution is -2.01. The Hall–Kier alpha value is -4.22. The second-order valence-corrected chi connectivity index (χ2v) is 15.3. The Morgan fingerprint density at radius 1 is 0.472 bits per heavy atom. The summed E-state index contributed by atoms with van der Waals surface area (Å²) in [5, 5.41) is 0. The van der Waals surface area contributed by atoms with Crippen molar-refractivity contribution in [2.75, 3.05) is 0 Å². The molecule has 276 valence electrons. The Labute approximate surface area is 320 Å². The number of rotatable bonds is 18. The second kappa shape index (κ2) is 18.7. The minimum Gasteiger partial charge on any atom is -0.206 e. The van der Waals surface area contributed by atoms with Gasteiger partial charge in [-0.05, 0) is 83.0 Å². The lowest BCUT2D eigenvalue weighted by atomic mass is 9.91. The zero-order chi connectivity index (χ0) is 37.2. The van der Waals surface area contributed by atoms with Gasteiger partial charge in [-0.15, -0.1) is 0 Å². The largest absolute Gasteiger partial charge is 0.206 e. The molecule has 0 aliphatic carbocycles. The molecule has 0 radical (unpaired) electrons. The maximum Gasteiger partial charge on any atom is 0.131 e. The highest BCUT2D eigenvalue weighted by atomic mass is 32.1. The summed E-state index contributed by atoms with van der Waals surface area (Å²) >= 11 is 1.20. The Bertz CT molecular complexity index is 1920. The molecule has 0 spiro atoms. The Balaban J connectivity index is 1.14. The van der Waals surface area contributed by atoms with Crippen LogP contribution >= 0.6 is 11.7 Å². The van der Waals surface area contributed by atoms with E-state index >= 15 is 8.78 Å². The molecule has 0 aliphatic rings. The van der Waals surface area contributed by atoms with Gasteiger partial charge in [0.2, 0.25) is 0 Å². The zero-order valence-electron chi connectivity index (χ0n) is 31.9. The van der Waals surface area contributed by atoms with Crippen LogP contribution in [0.25, 0.3) is 55.5 Å². The Kier molecular flexibility index (Phi) is 13.6. The van der Waals surface area contributed by atoms with Gasteiger partial charge in [0.05, 0.1) is 11.7 Å². The van der Waals surface area contributed by atoms with E-state index in [1.807, 2.05) is 60.7 Å². The first kappa shape index (κ1) is 38.5. The Morgan fingerprint density at radius 3 is 1.17 bits per heavy atom. The van der Waals surface area contributed by atoms with Crippen LogP contribution in [0, 0.1) is 23.5 Å². The smallest absolute Gasteiger partial charge is 0.131 e. The summed E-state index contributed by atoms with van der Waals surface area (Å²) in [6.07, 6.45) is 13.9. The van der Waals surface area contributed by atoms with Gasteiger partial charge in [-0.25, -0.2) is 8.78 Å². The number of benzene rings is 5. The SMILES string of the molecule is CCCCC(CC)CCc1ccc(-c2ccc(-c3ccc(-c4ccc(-c5ccc(CCC(CC)CCCC)cc5F)cc4)c4nsnc34)cc2)c(F)c1. The molecule has 53 heavy (non-hydrogen) atoms. The van der Waals surface area contributed by atoms with Crippen molar-refractivity contribution in [3.8, 4) is 44.5 Å². The molecule has 5 heteroatoms. The van der Waals surface area contributed by atoms with Gasteiger partial charge in [-0.1, -0.05) is 164 Å². The molecule has 2 unspecified atom stereocenters. The van der Waals surface area contributed by atoms with Gasteiger partial charge in [0.25, 0.3) is 0 Å². The second-order valence-electron chi connectivity index (χ2n) is 14.8. The van der Waals surface area contributed by atoms with Crippen molar-refractivity contribution in [1.29, 1.82) is 0 Å². The normalized spacial score (nSPS) is 12.7. The molecule has 1 heterocycles. The number of hydrogen-bond donors (Lipinski definition) is 0. The van der Waals surface area contributed by atoms with Crippen molar-refractivity contribution in [3.05, 3.63) is 120 Å². The van der Waals surface area contributed by atoms with Crippen LogP contribution in [0.2, 0.25) is 0 Å². The summed E-state index contributed by atoms with van der Waals surface area (Å²) in [5.41, 5.74) is 10.8. The summed E-state index contributed by atoms with van der Waals surface area (Å²) in [7, 11) is 0. The van der Waals surface area contributed by atoms with Crippen LogP contribution in [-0.2, 0) is 12.8 Å². The zero-order valence-corrected chi connectivity index (χ0v) is 32.8. The number of unbranched alkanes of at least 4 members (excludes halogenated alkanes) is 2. The molecule has 0 aliphatic heterocycles. The van der Waals surface area contributed by atoms with Crippen LogP contribution in [0.4, 0.5) is 8.78 Å². The molecule has 0 amide bonds. The van der Waals surface area contributed by atoms with Gasteiger partial charge in [-0.3, -0.25) is 0 Å². The molecule has 0 fully saturated rings. The van der Waals surface area contributed by atoms with E-state index in [1.165, 1.54) is 63.1 Å². The highest BCUT2D eigenvalue weighted by Gasteiger charge is 2.16. The van der Waals surface area contributed by atoms with Crippen LogP contribution in [-0.4, -0.2) is 8.75 Å². The number of aryl methyl sites for hydroxylation is 2. The van der Waals surface area contributed by atoms with Crippen LogP contribution < -0.4 is 0 Å². The van der Waals surface area contributed by atoms with Crippen molar-refractivity contribution in [3.63, 3.8) is 0 Å². The molecule has 5 aromatic carbocycles. The van der Waals surface area contributed by atoms with Crippen LogP contribution in [0.1, 0.15) is 103 Å². The summed E-state index contributed by atoms with van der Waals surface area (Å²) in [4.78, 5) is 0. The van der Waals surface area contributed by atoms with Crippen molar-refractivity contribution >= 4 is 22.8 Å². The van der Waals surface area contributed by atoms with Crippen molar-refractivity contribution in [2.45, 2.75) is 105 Å². The minimum absolute atomic E-state index is 0.170. The lowest BCUT2D eigenvalue weighted by molar-refractivity contribution is 0.421. The molecule has 2 nitrogen and oxygen atoms in total. The average Bonchev–Trinajstić information content (AvgIpc) is 3.69. The van der Waals surface area contributed by atoms with E-state index in [-0.39, 0.29) is 11.6 Å². The maximum absolute atomic E-state index is 15.4. The molecule has 6 rings (SSSR count). The number of nitrogens with zero attached hydrogens (tertiary/aromatic N) is 2. The predicted molar refractivity (Wildman–Crippen MR) is 222 cm³/mol. The van der Waals surface area contributed by atoms with E-state index in [2.05, 4.69) is 60.7 Å². The fourth-order valence-corrected chi connectivity index (χ4v) is 8.29. The Morgan fingerprint density at radius 2 is 0.830 bits per heavy atom. The number of fused-ring (bicyclic) bond motifs is 1. The van der Waals surface area contributed by atoms with Crippen molar-refractivity contribution in [1.82, 2.24) is 8.75 Å².